The van der Waals surface area contributed by atoms with Crippen LogP contribution in [0.3, 0.4) is 0 Å². The fourth-order valence-electron chi connectivity index (χ4n) is 3.34. The molecule has 1 aromatic heterocycles. The molecular weight excluding hydrogens is 316 g/mol. The van der Waals surface area contributed by atoms with Crippen molar-refractivity contribution in [1.82, 2.24) is 15.6 Å². The summed E-state index contributed by atoms with van der Waals surface area (Å²) < 4.78 is 0. The van der Waals surface area contributed by atoms with Crippen LogP contribution in [0.15, 0.2) is 34.6 Å². The van der Waals surface area contributed by atoms with Gasteiger partial charge < -0.3 is 10.6 Å². The summed E-state index contributed by atoms with van der Waals surface area (Å²) in [6.45, 7) is 3.83. The number of nitrogens with zero attached hydrogens (tertiary/aromatic N) is 2. The molecule has 0 aliphatic heterocycles. The van der Waals surface area contributed by atoms with Crippen molar-refractivity contribution < 1.29 is 0 Å². The lowest BCUT2D eigenvalue weighted by Crippen LogP contribution is -2.40. The largest absolute Gasteiger partial charge is 0.356 e. The maximum atomic E-state index is 4.50. The van der Waals surface area contributed by atoms with E-state index < -0.39 is 0 Å². The lowest BCUT2D eigenvalue weighted by molar-refractivity contribution is 0.539. The number of guanidine groups is 1. The van der Waals surface area contributed by atoms with Crippen molar-refractivity contribution in [3.63, 3.8) is 0 Å². The lowest BCUT2D eigenvalue weighted by atomic mass is 9.83. The second kappa shape index (κ2) is 8.29. The quantitative estimate of drug-likeness (QED) is 0.648. The molecule has 1 atom stereocenters. The van der Waals surface area contributed by atoms with Gasteiger partial charge in [0.25, 0.3) is 0 Å². The highest BCUT2D eigenvalue weighted by atomic mass is 32.1. The average Bonchev–Trinajstić information content (AvgIpc) is 3.03. The van der Waals surface area contributed by atoms with Crippen molar-refractivity contribution in [2.45, 2.75) is 38.5 Å². The highest BCUT2D eigenvalue weighted by molar-refractivity contribution is 7.09. The first-order valence-electron chi connectivity index (χ1n) is 8.69. The van der Waals surface area contributed by atoms with Gasteiger partial charge in [-0.15, -0.1) is 11.3 Å². The number of fused-ring (bicyclic) bond motifs is 1. The van der Waals surface area contributed by atoms with Gasteiger partial charge in [-0.25, -0.2) is 4.98 Å². The van der Waals surface area contributed by atoms with Crippen LogP contribution in [0.2, 0.25) is 0 Å². The van der Waals surface area contributed by atoms with E-state index in [2.05, 4.69) is 50.3 Å². The lowest BCUT2D eigenvalue weighted by Gasteiger charge is -2.26. The van der Waals surface area contributed by atoms with Gasteiger partial charge in [-0.2, -0.15) is 0 Å². The van der Waals surface area contributed by atoms with Crippen LogP contribution in [0.1, 0.15) is 40.6 Å². The number of nitrogens with one attached hydrogen (secondary N) is 2. The number of hydrogen-bond acceptors (Lipinski definition) is 3. The van der Waals surface area contributed by atoms with Crippen LogP contribution in [-0.4, -0.2) is 31.1 Å². The Morgan fingerprint density at radius 3 is 3.00 bits per heavy atom. The molecule has 0 bridgehead atoms. The smallest absolute Gasteiger partial charge is 0.191 e. The Morgan fingerprint density at radius 2 is 2.21 bits per heavy atom. The number of rotatable bonds is 5. The average molecular weight is 343 g/mol. The third-order valence-electron chi connectivity index (χ3n) is 4.57. The summed E-state index contributed by atoms with van der Waals surface area (Å²) >= 11 is 1.71. The monoisotopic (exact) mass is 342 g/mol. The van der Waals surface area contributed by atoms with E-state index in [1.807, 2.05) is 14.0 Å². The summed E-state index contributed by atoms with van der Waals surface area (Å²) in [6, 6.07) is 8.85. The van der Waals surface area contributed by atoms with Crippen LogP contribution >= 0.6 is 11.3 Å². The van der Waals surface area contributed by atoms with Crippen LogP contribution in [0, 0.1) is 6.92 Å². The zero-order valence-corrected chi connectivity index (χ0v) is 15.3. The minimum Gasteiger partial charge on any atom is -0.356 e. The number of aliphatic imine (C=N–C) groups is 1. The van der Waals surface area contributed by atoms with Crippen LogP contribution in [0.25, 0.3) is 0 Å². The molecule has 1 aliphatic rings. The van der Waals surface area contributed by atoms with Gasteiger partial charge in [-0.1, -0.05) is 24.3 Å². The van der Waals surface area contributed by atoms with E-state index in [0.717, 1.165) is 36.2 Å². The fourth-order valence-corrected chi connectivity index (χ4v) is 3.99. The zero-order chi connectivity index (χ0) is 16.8. The molecule has 1 aliphatic carbocycles. The Balaban J connectivity index is 1.48. The van der Waals surface area contributed by atoms with Crippen LogP contribution in [0.5, 0.6) is 0 Å². The minimum absolute atomic E-state index is 0.578. The molecule has 4 nitrogen and oxygen atoms in total. The highest BCUT2D eigenvalue weighted by Crippen LogP contribution is 2.30. The van der Waals surface area contributed by atoms with E-state index in [-0.39, 0.29) is 0 Å². The van der Waals surface area contributed by atoms with Crippen molar-refractivity contribution in [1.29, 1.82) is 0 Å². The third-order valence-corrected chi connectivity index (χ3v) is 5.40. The Bertz CT molecular complexity index is 692. The highest BCUT2D eigenvalue weighted by Gasteiger charge is 2.19. The summed E-state index contributed by atoms with van der Waals surface area (Å²) in [7, 11) is 1.83. The molecule has 1 aromatic carbocycles. The third kappa shape index (κ3) is 4.35. The topological polar surface area (TPSA) is 49.3 Å². The summed E-state index contributed by atoms with van der Waals surface area (Å²) in [6.07, 6.45) is 4.67. The second-order valence-corrected chi connectivity index (χ2v) is 7.34. The number of aryl methyl sites for hydroxylation is 2. The molecular formula is C19H26N4S. The molecule has 0 amide bonds. The van der Waals surface area contributed by atoms with E-state index in [1.54, 1.807) is 11.3 Å². The van der Waals surface area contributed by atoms with Gasteiger partial charge in [0, 0.05) is 37.9 Å². The second-order valence-electron chi connectivity index (χ2n) is 6.28. The molecule has 5 heteroatoms. The molecule has 128 valence electrons. The summed E-state index contributed by atoms with van der Waals surface area (Å²) in [5.41, 5.74) is 4.17. The minimum atomic E-state index is 0.578. The van der Waals surface area contributed by atoms with Gasteiger partial charge in [0.1, 0.15) is 0 Å². The normalized spacial score (nSPS) is 17.4. The first-order chi connectivity index (χ1) is 11.8. The maximum absolute atomic E-state index is 4.50. The molecule has 2 N–H and O–H groups in total. The van der Waals surface area contributed by atoms with Gasteiger partial charge in [-0.05, 0) is 37.3 Å². The van der Waals surface area contributed by atoms with Crippen molar-refractivity contribution in [2.24, 2.45) is 4.99 Å². The van der Waals surface area contributed by atoms with Crippen molar-refractivity contribution >= 4 is 17.3 Å². The standard InChI is InChI=1S/C19H26N4S/c1-14-23-17(13-24-14)10-11-21-19(20-2)22-12-16-8-5-7-15-6-3-4-9-18(15)16/h3-4,6,9,13,16H,5,7-8,10-12H2,1-2H3,(H2,20,21,22). The van der Waals surface area contributed by atoms with Gasteiger partial charge >= 0.3 is 0 Å². The molecule has 0 spiro atoms. The van der Waals surface area contributed by atoms with Crippen LogP contribution in [0.4, 0.5) is 0 Å². The first kappa shape index (κ1) is 17.0. The Kier molecular flexibility index (Phi) is 5.86. The molecule has 2 aromatic rings. The van der Waals surface area contributed by atoms with Gasteiger partial charge in [-0.3, -0.25) is 4.99 Å². The predicted molar refractivity (Wildman–Crippen MR) is 102 cm³/mol. The van der Waals surface area contributed by atoms with Crippen molar-refractivity contribution in [3.8, 4) is 0 Å². The Hall–Kier alpha value is -1.88. The van der Waals surface area contributed by atoms with Crippen LogP contribution < -0.4 is 10.6 Å². The van der Waals surface area contributed by atoms with E-state index in [4.69, 9.17) is 0 Å². The Morgan fingerprint density at radius 1 is 1.33 bits per heavy atom. The number of thiazole rings is 1. The van der Waals surface area contributed by atoms with Gasteiger partial charge in [0.15, 0.2) is 5.96 Å². The Labute approximate surface area is 148 Å². The van der Waals surface area contributed by atoms with E-state index in [9.17, 15) is 0 Å². The molecule has 0 radical (unpaired) electrons. The van der Waals surface area contributed by atoms with Gasteiger partial charge in [0.2, 0.25) is 0 Å². The molecule has 24 heavy (non-hydrogen) atoms. The maximum Gasteiger partial charge on any atom is 0.191 e. The fraction of sp³-hybridized carbons (Fsp3) is 0.474. The van der Waals surface area contributed by atoms with Crippen LogP contribution in [-0.2, 0) is 12.8 Å². The van der Waals surface area contributed by atoms with Gasteiger partial charge in [0.05, 0.1) is 10.7 Å². The van der Waals surface area contributed by atoms with E-state index >= 15 is 0 Å². The zero-order valence-electron chi connectivity index (χ0n) is 14.5. The number of hydrogen-bond donors (Lipinski definition) is 2. The molecule has 0 saturated heterocycles. The number of aromatic nitrogens is 1. The molecule has 0 fully saturated rings. The molecule has 1 unspecified atom stereocenters. The molecule has 0 saturated carbocycles. The summed E-state index contributed by atoms with van der Waals surface area (Å²) in [4.78, 5) is 8.84. The number of benzene rings is 1. The molecule has 1 heterocycles. The van der Waals surface area contributed by atoms with Crippen molar-refractivity contribution in [2.75, 3.05) is 20.1 Å². The predicted octanol–water partition coefficient (Wildman–Crippen LogP) is 3.28. The first-order valence-corrected chi connectivity index (χ1v) is 9.57. The summed E-state index contributed by atoms with van der Waals surface area (Å²) in [5.74, 6) is 1.46. The van der Waals surface area contributed by atoms with E-state index in [0.29, 0.717) is 5.92 Å². The SMILES string of the molecule is CN=C(NCCc1csc(C)n1)NCC1CCCc2ccccc21. The summed E-state index contributed by atoms with van der Waals surface area (Å²) in [5, 5.41) is 10.1. The van der Waals surface area contributed by atoms with Crippen molar-refractivity contribution in [3.05, 3.63) is 51.5 Å². The molecule has 3 rings (SSSR count). The van der Waals surface area contributed by atoms with E-state index in [1.165, 1.54) is 30.4 Å².